The predicted octanol–water partition coefficient (Wildman–Crippen LogP) is 11.2. The predicted molar refractivity (Wildman–Crippen MR) is 163 cm³/mol. The van der Waals surface area contributed by atoms with Gasteiger partial charge in [-0.05, 0) is 21.7 Å². The molecule has 0 aliphatic carbocycles. The van der Waals surface area contributed by atoms with Crippen LogP contribution < -0.4 is 0 Å². The molecule has 0 aromatic heterocycles. The molecular weight excluding hydrogens is 548 g/mol. The monoisotopic (exact) mass is 606 g/mol. The van der Waals surface area contributed by atoms with Gasteiger partial charge in [0.25, 0.3) is 0 Å². The fraction of sp³-hybridized carbons (Fsp3) is 0.706. The van der Waals surface area contributed by atoms with Crippen LogP contribution in [-0.4, -0.2) is 0 Å². The standard InChI is InChI=1S/2C17H29.2Fe.2N/c2*1-15(2,3)12-10-13(16(4,5)6)14(11-12)17(7,8)9;;;;/h2*10-11H,1-9H3;;;;/q2*-1;2*+1;2*-1. The Kier molecular flexibility index (Phi) is 14.3. The van der Waals surface area contributed by atoms with Gasteiger partial charge in [-0.2, -0.15) is 45.5 Å². The zero-order valence-electron chi connectivity index (χ0n) is 27.9. The van der Waals surface area contributed by atoms with Gasteiger partial charge < -0.3 is 0 Å². The molecule has 2 rings (SSSR count). The molecule has 2 nitrogen and oxygen atoms in total. The van der Waals surface area contributed by atoms with E-state index in [4.69, 9.17) is 8.76 Å². The summed E-state index contributed by atoms with van der Waals surface area (Å²) in [6, 6.07) is 9.67. The normalized spacial score (nSPS) is 12.9. The van der Waals surface area contributed by atoms with Crippen molar-refractivity contribution in [3.8, 4) is 0 Å². The molecule has 0 saturated heterocycles. The van der Waals surface area contributed by atoms with Gasteiger partial charge >= 0.3 is 40.4 Å². The van der Waals surface area contributed by atoms with Crippen molar-refractivity contribution in [2.45, 2.75) is 157 Å². The van der Waals surface area contributed by atoms with Gasteiger partial charge in [-0.1, -0.05) is 135 Å². The minimum absolute atomic E-state index is 0.228. The van der Waals surface area contributed by atoms with Crippen molar-refractivity contribution in [1.29, 1.82) is 0 Å². The fourth-order valence-electron chi connectivity index (χ4n) is 4.36. The molecule has 0 bridgehead atoms. The van der Waals surface area contributed by atoms with Crippen molar-refractivity contribution in [2.24, 2.45) is 0 Å². The second kappa shape index (κ2) is 13.8. The summed E-state index contributed by atoms with van der Waals surface area (Å²) in [5.74, 6) is 0. The van der Waals surface area contributed by atoms with Crippen molar-refractivity contribution >= 4 is 0 Å². The van der Waals surface area contributed by atoms with Gasteiger partial charge in [0.05, 0.1) is 0 Å². The van der Waals surface area contributed by atoms with E-state index in [0.717, 1.165) is 0 Å². The summed E-state index contributed by atoms with van der Waals surface area (Å²) in [6.45, 7) is 41.5. The van der Waals surface area contributed by atoms with E-state index in [1.54, 1.807) is 0 Å². The minimum atomic E-state index is 0.228. The molecule has 0 fully saturated rings. The molecule has 0 aliphatic rings. The quantitative estimate of drug-likeness (QED) is 0.212. The number of hydrogen-bond acceptors (Lipinski definition) is 0. The number of nitrogens with zero attached hydrogens (tertiary/aromatic N) is 2. The van der Waals surface area contributed by atoms with E-state index < -0.39 is 0 Å². The Morgan fingerprint density at radius 1 is 0.395 bits per heavy atom. The molecule has 0 aliphatic heterocycles. The van der Waals surface area contributed by atoms with Crippen LogP contribution in [0.3, 0.4) is 0 Å². The summed E-state index contributed by atoms with van der Waals surface area (Å²) in [5, 5.41) is 0. The molecule has 0 atom stereocenters. The summed E-state index contributed by atoms with van der Waals surface area (Å²) < 4.78 is 13.5. The van der Waals surface area contributed by atoms with Gasteiger partial charge in [-0.15, -0.1) is 0 Å². The Morgan fingerprint density at radius 3 is 0.711 bits per heavy atom. The van der Waals surface area contributed by atoms with Gasteiger partial charge in [-0.3, -0.25) is 0 Å². The molecule has 0 unspecified atom stereocenters. The first-order valence-electron chi connectivity index (χ1n) is 13.6. The Hall–Kier alpha value is -0.661. The van der Waals surface area contributed by atoms with Crippen molar-refractivity contribution in [2.75, 3.05) is 0 Å². The Balaban J connectivity index is 0. The van der Waals surface area contributed by atoms with Crippen LogP contribution in [-0.2, 0) is 64.1 Å². The summed E-state index contributed by atoms with van der Waals surface area (Å²) in [5.41, 5.74) is 10.4. The zero-order valence-corrected chi connectivity index (χ0v) is 30.1. The molecular formula is C34H58Fe2N2-2. The van der Waals surface area contributed by atoms with Crippen LogP contribution in [0.25, 0.3) is 8.76 Å². The SMILES string of the molecule is CC(C)(C)c1cc(C(C)(C)C)c(C(C)(C)C)[cH-]1.CC(C)(C)c1cc(C(C)(C)C)c(C(C)(C)C)[cH-]1.[N-]=[Fe+].[N-]=[Fe+]. The van der Waals surface area contributed by atoms with Crippen molar-refractivity contribution in [3.63, 3.8) is 0 Å². The van der Waals surface area contributed by atoms with Gasteiger partial charge in [0.1, 0.15) is 0 Å². The molecule has 4 heteroatoms. The topological polar surface area (TPSA) is 44.6 Å². The number of rotatable bonds is 0. The molecule has 2 aromatic rings. The average Bonchev–Trinajstić information content (AvgIpc) is 3.36. The van der Waals surface area contributed by atoms with Crippen LogP contribution in [0.1, 0.15) is 158 Å². The van der Waals surface area contributed by atoms with Crippen LogP contribution in [0.2, 0.25) is 0 Å². The first kappa shape index (κ1) is 39.5. The Morgan fingerprint density at radius 2 is 0.605 bits per heavy atom. The third-order valence-electron chi connectivity index (χ3n) is 6.74. The van der Waals surface area contributed by atoms with Crippen LogP contribution in [0, 0.1) is 0 Å². The van der Waals surface area contributed by atoms with Crippen LogP contribution >= 0.6 is 0 Å². The second-order valence-corrected chi connectivity index (χ2v) is 16.6. The van der Waals surface area contributed by atoms with Gasteiger partial charge in [-0.25, -0.2) is 12.1 Å². The van der Waals surface area contributed by atoms with E-state index in [0.29, 0.717) is 0 Å². The van der Waals surface area contributed by atoms with E-state index >= 15 is 0 Å². The van der Waals surface area contributed by atoms with E-state index in [1.807, 2.05) is 0 Å². The molecule has 0 spiro atoms. The van der Waals surface area contributed by atoms with Crippen molar-refractivity contribution < 1.29 is 31.6 Å². The van der Waals surface area contributed by atoms with E-state index in [1.165, 1.54) is 33.4 Å². The molecule has 222 valence electrons. The fourth-order valence-corrected chi connectivity index (χ4v) is 4.36. The van der Waals surface area contributed by atoms with E-state index in [-0.39, 0.29) is 32.5 Å². The van der Waals surface area contributed by atoms with Crippen LogP contribution in [0.5, 0.6) is 0 Å². The summed E-state index contributed by atoms with van der Waals surface area (Å²) >= 11 is 4.50. The second-order valence-electron chi connectivity index (χ2n) is 16.6. The van der Waals surface area contributed by atoms with Gasteiger partial charge in [0.15, 0.2) is 0 Å². The maximum atomic E-state index is 6.75. The summed E-state index contributed by atoms with van der Waals surface area (Å²) in [6.07, 6.45) is 0. The van der Waals surface area contributed by atoms with Gasteiger partial charge in [0, 0.05) is 0 Å². The molecule has 0 heterocycles. The van der Waals surface area contributed by atoms with E-state index in [2.05, 4.69) is 181 Å². The maximum absolute atomic E-state index is 6.75. The van der Waals surface area contributed by atoms with Gasteiger partial charge in [0.2, 0.25) is 0 Å². The zero-order chi connectivity index (χ0) is 31.3. The number of hydrogen-bond donors (Lipinski definition) is 0. The molecule has 0 amide bonds. The van der Waals surface area contributed by atoms with Crippen molar-refractivity contribution in [3.05, 3.63) is 66.4 Å². The van der Waals surface area contributed by atoms with Crippen LogP contribution in [0.4, 0.5) is 0 Å². The van der Waals surface area contributed by atoms with Crippen LogP contribution in [0.15, 0.2) is 24.3 Å². The van der Waals surface area contributed by atoms with E-state index in [9.17, 15) is 0 Å². The molecule has 2 aromatic carbocycles. The third-order valence-corrected chi connectivity index (χ3v) is 6.74. The first-order chi connectivity index (χ1) is 16.7. The summed E-state index contributed by atoms with van der Waals surface area (Å²) in [7, 11) is 0. The van der Waals surface area contributed by atoms with Crippen molar-refractivity contribution in [1.82, 2.24) is 0 Å². The molecule has 0 N–H and O–H groups in total. The summed E-state index contributed by atoms with van der Waals surface area (Å²) in [4.78, 5) is 0. The first-order valence-corrected chi connectivity index (χ1v) is 14.6. The molecule has 38 heavy (non-hydrogen) atoms. The average molecular weight is 607 g/mol. The Labute approximate surface area is 254 Å². The Bertz CT molecular complexity index is 835. The molecule has 0 saturated carbocycles. The molecule has 0 radical (unpaired) electrons. The third kappa shape index (κ3) is 11.8.